The van der Waals surface area contributed by atoms with Gasteiger partial charge in [0.25, 0.3) is 0 Å². The van der Waals surface area contributed by atoms with Crippen LogP contribution in [-0.4, -0.2) is 31.6 Å². The molecule has 26 heavy (non-hydrogen) atoms. The van der Waals surface area contributed by atoms with Crippen LogP contribution in [0, 0.1) is 6.92 Å². The predicted octanol–water partition coefficient (Wildman–Crippen LogP) is 3.90. The molecule has 0 saturated heterocycles. The first-order chi connectivity index (χ1) is 12.4. The maximum Gasteiger partial charge on any atom is 0.191 e. The fourth-order valence-corrected chi connectivity index (χ4v) is 3.46. The molecular formula is C20H31N5S. The van der Waals surface area contributed by atoms with Gasteiger partial charge >= 0.3 is 0 Å². The first kappa shape index (κ1) is 20.2. The van der Waals surface area contributed by atoms with Crippen molar-refractivity contribution in [2.75, 3.05) is 25.5 Å². The van der Waals surface area contributed by atoms with Gasteiger partial charge < -0.3 is 15.5 Å². The summed E-state index contributed by atoms with van der Waals surface area (Å²) in [5, 5.41) is 9.93. The molecule has 0 radical (unpaired) electrons. The van der Waals surface area contributed by atoms with Crippen LogP contribution in [0.25, 0.3) is 0 Å². The molecule has 0 unspecified atom stereocenters. The highest BCUT2D eigenvalue weighted by Crippen LogP contribution is 2.21. The van der Waals surface area contributed by atoms with Gasteiger partial charge in [0, 0.05) is 31.7 Å². The largest absolute Gasteiger partial charge is 0.377 e. The van der Waals surface area contributed by atoms with Crippen LogP contribution >= 0.6 is 11.3 Å². The van der Waals surface area contributed by atoms with Crippen LogP contribution in [0.2, 0.25) is 0 Å². The van der Waals surface area contributed by atoms with Gasteiger partial charge in [0.1, 0.15) is 5.01 Å². The highest BCUT2D eigenvalue weighted by Gasteiger charge is 2.08. The second-order valence-electron chi connectivity index (χ2n) is 6.90. The molecule has 1 aromatic carbocycles. The Bertz CT molecular complexity index is 734. The quantitative estimate of drug-likeness (QED) is 0.571. The van der Waals surface area contributed by atoms with Gasteiger partial charge in [-0.3, -0.25) is 0 Å². The summed E-state index contributed by atoms with van der Waals surface area (Å²) < 4.78 is 0. The van der Waals surface area contributed by atoms with Gasteiger partial charge in [0.15, 0.2) is 5.96 Å². The molecule has 0 aliphatic heterocycles. The summed E-state index contributed by atoms with van der Waals surface area (Å²) in [5.41, 5.74) is 4.85. The fourth-order valence-electron chi connectivity index (χ4n) is 2.56. The molecule has 0 aliphatic rings. The summed E-state index contributed by atoms with van der Waals surface area (Å²) in [6.07, 6.45) is 0. The number of aromatic nitrogens is 1. The molecule has 0 bridgehead atoms. The average Bonchev–Trinajstić information content (AvgIpc) is 3.07. The molecule has 142 valence electrons. The topological polar surface area (TPSA) is 52.6 Å². The van der Waals surface area contributed by atoms with Gasteiger partial charge in [0.2, 0.25) is 0 Å². The van der Waals surface area contributed by atoms with Crippen LogP contribution in [0.15, 0.2) is 28.6 Å². The minimum atomic E-state index is 0.466. The van der Waals surface area contributed by atoms with Gasteiger partial charge in [-0.15, -0.1) is 11.3 Å². The first-order valence-electron chi connectivity index (χ1n) is 9.14. The number of nitrogens with one attached hydrogen (secondary N) is 2. The van der Waals surface area contributed by atoms with Crippen molar-refractivity contribution in [2.24, 2.45) is 4.99 Å². The Kier molecular flexibility index (Phi) is 7.45. The summed E-state index contributed by atoms with van der Waals surface area (Å²) >= 11 is 1.70. The third-order valence-electron chi connectivity index (χ3n) is 4.04. The van der Waals surface area contributed by atoms with Crippen LogP contribution in [-0.2, 0) is 13.1 Å². The van der Waals surface area contributed by atoms with Gasteiger partial charge in [0.05, 0.1) is 18.8 Å². The third kappa shape index (κ3) is 5.73. The van der Waals surface area contributed by atoms with Crippen LogP contribution in [0.5, 0.6) is 0 Å². The Morgan fingerprint density at radius 1 is 1.27 bits per heavy atom. The summed E-state index contributed by atoms with van der Waals surface area (Å²) in [6.45, 7) is 10.7. The zero-order chi connectivity index (χ0) is 19.1. The van der Waals surface area contributed by atoms with Crippen molar-refractivity contribution in [3.05, 3.63) is 45.4 Å². The average molecular weight is 374 g/mol. The molecular weight excluding hydrogens is 342 g/mol. The molecule has 6 heteroatoms. The molecule has 1 heterocycles. The number of benzene rings is 1. The highest BCUT2D eigenvalue weighted by molar-refractivity contribution is 7.09. The molecule has 1 aromatic heterocycles. The highest BCUT2D eigenvalue weighted by atomic mass is 32.1. The minimum Gasteiger partial charge on any atom is -0.377 e. The van der Waals surface area contributed by atoms with E-state index in [4.69, 9.17) is 4.99 Å². The van der Waals surface area contributed by atoms with Crippen molar-refractivity contribution in [1.82, 2.24) is 15.6 Å². The summed E-state index contributed by atoms with van der Waals surface area (Å²) in [5.74, 6) is 1.28. The number of hydrogen-bond acceptors (Lipinski definition) is 4. The number of hydrogen-bond donors (Lipinski definition) is 2. The number of guanidine groups is 1. The fraction of sp³-hybridized carbons (Fsp3) is 0.500. The lowest BCUT2D eigenvalue weighted by Crippen LogP contribution is -2.36. The van der Waals surface area contributed by atoms with Crippen molar-refractivity contribution in [3.8, 4) is 0 Å². The van der Waals surface area contributed by atoms with Crippen LogP contribution < -0.4 is 15.5 Å². The van der Waals surface area contributed by atoms with E-state index >= 15 is 0 Å². The normalized spacial score (nSPS) is 11.7. The zero-order valence-corrected chi connectivity index (χ0v) is 17.6. The molecule has 0 amide bonds. The predicted molar refractivity (Wildman–Crippen MR) is 113 cm³/mol. The van der Waals surface area contributed by atoms with Gasteiger partial charge in [-0.25, -0.2) is 9.98 Å². The molecule has 0 saturated carbocycles. The number of thiazole rings is 1. The number of nitrogens with zero attached hydrogens (tertiary/aromatic N) is 3. The Morgan fingerprint density at radius 2 is 2.04 bits per heavy atom. The van der Waals surface area contributed by atoms with Crippen molar-refractivity contribution < 1.29 is 0 Å². The van der Waals surface area contributed by atoms with Crippen molar-refractivity contribution in [1.29, 1.82) is 0 Å². The lowest BCUT2D eigenvalue weighted by molar-refractivity contribution is 0.788. The van der Waals surface area contributed by atoms with Crippen LogP contribution in [0.1, 0.15) is 48.5 Å². The van der Waals surface area contributed by atoms with Gasteiger partial charge in [-0.2, -0.15) is 0 Å². The lowest BCUT2D eigenvalue weighted by atomic mass is 10.1. The molecule has 2 rings (SSSR count). The maximum absolute atomic E-state index is 4.76. The van der Waals surface area contributed by atoms with Gasteiger partial charge in [-0.1, -0.05) is 26.0 Å². The third-order valence-corrected chi connectivity index (χ3v) is 4.91. The summed E-state index contributed by atoms with van der Waals surface area (Å²) in [4.78, 5) is 11.6. The monoisotopic (exact) mass is 373 g/mol. The zero-order valence-electron chi connectivity index (χ0n) is 16.8. The summed E-state index contributed by atoms with van der Waals surface area (Å²) in [6, 6.07) is 6.50. The summed E-state index contributed by atoms with van der Waals surface area (Å²) in [7, 11) is 4.14. The number of anilines is 1. The lowest BCUT2D eigenvalue weighted by Gasteiger charge is -2.18. The molecule has 5 nitrogen and oxygen atoms in total. The molecule has 2 aromatic rings. The molecule has 2 N–H and O–H groups in total. The van der Waals surface area contributed by atoms with Crippen LogP contribution in [0.4, 0.5) is 5.69 Å². The van der Waals surface area contributed by atoms with E-state index in [1.165, 1.54) is 16.8 Å². The maximum atomic E-state index is 4.76. The smallest absolute Gasteiger partial charge is 0.191 e. The van der Waals surface area contributed by atoms with E-state index in [0.717, 1.165) is 23.2 Å². The van der Waals surface area contributed by atoms with Crippen LogP contribution in [0.3, 0.4) is 0 Å². The Balaban J connectivity index is 2.06. The number of aryl methyl sites for hydroxylation is 1. The molecule has 0 aliphatic carbocycles. The standard InChI is InChI=1S/C20H31N5S/c1-7-21-20(23-12-19-24-17(13-26-19)14(2)3)22-11-16-9-8-15(4)10-18(16)25(5)6/h8-10,13-14H,7,11-12H2,1-6H3,(H2,21,22,23). The number of rotatable bonds is 7. The molecule has 0 spiro atoms. The Hall–Kier alpha value is -2.08. The first-order valence-corrected chi connectivity index (χ1v) is 10.0. The minimum absolute atomic E-state index is 0.466. The van der Waals surface area contributed by atoms with E-state index in [0.29, 0.717) is 19.0 Å². The van der Waals surface area contributed by atoms with E-state index in [9.17, 15) is 0 Å². The van der Waals surface area contributed by atoms with E-state index in [1.807, 2.05) is 0 Å². The van der Waals surface area contributed by atoms with Crippen molar-refractivity contribution >= 4 is 23.0 Å². The van der Waals surface area contributed by atoms with Crippen molar-refractivity contribution in [2.45, 2.75) is 46.7 Å². The second-order valence-corrected chi connectivity index (χ2v) is 7.84. The second kappa shape index (κ2) is 9.57. The van der Waals surface area contributed by atoms with Crippen molar-refractivity contribution in [3.63, 3.8) is 0 Å². The SMILES string of the molecule is CCNC(=NCc1ccc(C)cc1N(C)C)NCc1nc(C(C)C)cs1. The van der Waals surface area contributed by atoms with E-state index in [2.05, 4.69) is 85.9 Å². The Labute approximate surface area is 161 Å². The number of aliphatic imine (C=N–C) groups is 1. The van der Waals surface area contributed by atoms with E-state index < -0.39 is 0 Å². The molecule has 0 fully saturated rings. The van der Waals surface area contributed by atoms with E-state index in [1.54, 1.807) is 11.3 Å². The Morgan fingerprint density at radius 3 is 2.65 bits per heavy atom. The van der Waals surface area contributed by atoms with Gasteiger partial charge in [-0.05, 0) is 37.0 Å². The van der Waals surface area contributed by atoms with E-state index in [-0.39, 0.29) is 0 Å². The molecule has 0 atom stereocenters.